The Labute approximate surface area is 176 Å². The molecule has 6 nitrogen and oxygen atoms in total. The minimum Gasteiger partial charge on any atom is -0.380 e. The Morgan fingerprint density at radius 2 is 1.83 bits per heavy atom. The van der Waals surface area contributed by atoms with Crippen LogP contribution in [-0.4, -0.2) is 58.8 Å². The first-order valence-electron chi connectivity index (χ1n) is 9.99. The largest absolute Gasteiger partial charge is 0.380 e. The Bertz CT molecular complexity index is 778. The highest BCUT2D eigenvalue weighted by Crippen LogP contribution is 2.18. The smallest absolute Gasteiger partial charge is 0.254 e. The normalized spacial score (nSPS) is 13.0. The maximum absolute atomic E-state index is 12.2. The number of likely N-dealkylation sites (N-methyl/N-ethyl adjacent to an activating group) is 1. The van der Waals surface area contributed by atoms with Crippen LogP contribution in [0.25, 0.3) is 0 Å². The number of hydrogen-bond donors (Lipinski definition) is 3. The molecule has 0 saturated heterocycles. The summed E-state index contributed by atoms with van der Waals surface area (Å²) >= 11 is 1.63. The zero-order valence-electron chi connectivity index (χ0n) is 17.0. The summed E-state index contributed by atoms with van der Waals surface area (Å²) in [5, 5.41) is 24.8. The van der Waals surface area contributed by atoms with Gasteiger partial charge in [-0.15, -0.1) is 11.3 Å². The Hall–Kier alpha value is -2.22. The van der Waals surface area contributed by atoms with E-state index in [4.69, 9.17) is 0 Å². The molecule has 29 heavy (non-hydrogen) atoms. The number of carbonyl (C=O) groups excluding carboxylic acids is 2. The van der Waals surface area contributed by atoms with Crippen LogP contribution in [0.2, 0.25) is 0 Å². The third kappa shape index (κ3) is 6.96. The average molecular weight is 419 g/mol. The predicted octanol–water partition coefficient (Wildman–Crippen LogP) is 1.98. The predicted molar refractivity (Wildman–Crippen MR) is 115 cm³/mol. The van der Waals surface area contributed by atoms with E-state index in [1.54, 1.807) is 18.3 Å². The lowest BCUT2D eigenvalue weighted by atomic mass is 10.1. The molecule has 0 aliphatic carbocycles. The van der Waals surface area contributed by atoms with Gasteiger partial charge >= 0.3 is 0 Å². The SMILES string of the molecule is CCCN(CC)C(=O)C(O)C(O)C(=O)NCCc1cc(Cc2ccccc2)cs1. The third-order valence-corrected chi connectivity index (χ3v) is 5.68. The van der Waals surface area contributed by atoms with Crippen molar-refractivity contribution in [2.45, 2.75) is 45.3 Å². The summed E-state index contributed by atoms with van der Waals surface area (Å²) in [6.07, 6.45) is -1.30. The number of aliphatic hydroxyl groups excluding tert-OH is 2. The van der Waals surface area contributed by atoms with Crippen molar-refractivity contribution in [1.82, 2.24) is 10.2 Å². The maximum atomic E-state index is 12.2. The molecule has 0 fully saturated rings. The fourth-order valence-electron chi connectivity index (χ4n) is 3.05. The van der Waals surface area contributed by atoms with E-state index in [-0.39, 0.29) is 0 Å². The van der Waals surface area contributed by atoms with Gasteiger partial charge in [-0.1, -0.05) is 37.3 Å². The molecule has 2 unspecified atom stereocenters. The lowest BCUT2D eigenvalue weighted by molar-refractivity contribution is -0.153. The van der Waals surface area contributed by atoms with Gasteiger partial charge in [-0.3, -0.25) is 9.59 Å². The number of amides is 2. The second-order valence-corrected chi connectivity index (χ2v) is 7.93. The molecule has 1 aromatic carbocycles. The van der Waals surface area contributed by atoms with Crippen LogP contribution in [0.3, 0.4) is 0 Å². The molecule has 2 atom stereocenters. The zero-order chi connectivity index (χ0) is 21.2. The number of nitrogens with zero attached hydrogens (tertiary/aromatic N) is 1. The van der Waals surface area contributed by atoms with Crippen LogP contribution in [0.1, 0.15) is 36.3 Å². The van der Waals surface area contributed by atoms with Crippen LogP contribution >= 0.6 is 11.3 Å². The van der Waals surface area contributed by atoms with Gasteiger partial charge in [-0.05, 0) is 48.8 Å². The van der Waals surface area contributed by atoms with Crippen molar-refractivity contribution in [1.29, 1.82) is 0 Å². The summed E-state index contributed by atoms with van der Waals surface area (Å²) in [6.45, 7) is 4.93. The quantitative estimate of drug-likeness (QED) is 0.521. The summed E-state index contributed by atoms with van der Waals surface area (Å²) in [5.74, 6) is -1.36. The molecule has 0 spiro atoms. The first kappa shape index (κ1) is 23.1. The second kappa shape index (κ2) is 11.7. The molecule has 2 rings (SSSR count). The van der Waals surface area contributed by atoms with Gasteiger partial charge in [-0.2, -0.15) is 0 Å². The van der Waals surface area contributed by atoms with Crippen molar-refractivity contribution in [3.63, 3.8) is 0 Å². The topological polar surface area (TPSA) is 89.9 Å². The minimum absolute atomic E-state index is 0.328. The molecule has 7 heteroatoms. The molecule has 0 saturated carbocycles. The van der Waals surface area contributed by atoms with Crippen molar-refractivity contribution in [2.24, 2.45) is 0 Å². The van der Waals surface area contributed by atoms with Crippen molar-refractivity contribution < 1.29 is 19.8 Å². The van der Waals surface area contributed by atoms with E-state index in [0.29, 0.717) is 26.1 Å². The molecule has 1 heterocycles. The van der Waals surface area contributed by atoms with Crippen molar-refractivity contribution >= 4 is 23.2 Å². The fraction of sp³-hybridized carbons (Fsp3) is 0.455. The van der Waals surface area contributed by atoms with Crippen LogP contribution in [0.4, 0.5) is 0 Å². The molecular formula is C22H30N2O4S. The minimum atomic E-state index is -1.77. The van der Waals surface area contributed by atoms with E-state index in [1.165, 1.54) is 16.0 Å². The van der Waals surface area contributed by atoms with E-state index >= 15 is 0 Å². The summed E-state index contributed by atoms with van der Waals surface area (Å²) in [5.41, 5.74) is 2.47. The molecule has 0 radical (unpaired) electrons. The molecule has 1 aromatic heterocycles. The fourth-order valence-corrected chi connectivity index (χ4v) is 3.95. The van der Waals surface area contributed by atoms with Crippen LogP contribution in [0, 0.1) is 0 Å². The van der Waals surface area contributed by atoms with Gasteiger partial charge in [0.15, 0.2) is 12.2 Å². The lowest BCUT2D eigenvalue weighted by Crippen LogP contribution is -2.51. The van der Waals surface area contributed by atoms with Crippen molar-refractivity contribution in [2.75, 3.05) is 19.6 Å². The van der Waals surface area contributed by atoms with E-state index in [2.05, 4.69) is 28.9 Å². The second-order valence-electron chi connectivity index (χ2n) is 6.93. The van der Waals surface area contributed by atoms with Gasteiger partial charge in [0.05, 0.1) is 0 Å². The summed E-state index contributed by atoms with van der Waals surface area (Å²) in [6, 6.07) is 12.3. The zero-order valence-corrected chi connectivity index (χ0v) is 17.8. The van der Waals surface area contributed by atoms with Crippen molar-refractivity contribution in [3.8, 4) is 0 Å². The van der Waals surface area contributed by atoms with E-state index in [0.717, 1.165) is 17.7 Å². The number of rotatable bonds is 11. The molecule has 2 aromatic rings. The standard InChI is InChI=1S/C22H30N2O4S/c1-3-12-24(4-2)22(28)20(26)19(25)21(27)23-11-10-18-14-17(15-29-18)13-16-8-6-5-7-9-16/h5-9,14-15,19-20,25-26H,3-4,10-13H2,1-2H3,(H,23,27). The van der Waals surface area contributed by atoms with E-state index in [9.17, 15) is 19.8 Å². The monoisotopic (exact) mass is 418 g/mol. The summed E-state index contributed by atoms with van der Waals surface area (Å²) < 4.78 is 0. The first-order chi connectivity index (χ1) is 14.0. The van der Waals surface area contributed by atoms with Gasteiger partial charge in [0.2, 0.25) is 0 Å². The van der Waals surface area contributed by atoms with Crippen molar-refractivity contribution in [3.05, 3.63) is 57.8 Å². The Morgan fingerprint density at radius 1 is 1.10 bits per heavy atom. The molecule has 158 valence electrons. The van der Waals surface area contributed by atoms with E-state index < -0.39 is 24.0 Å². The summed E-state index contributed by atoms with van der Waals surface area (Å²) in [4.78, 5) is 26.9. The number of hydrogen-bond acceptors (Lipinski definition) is 5. The van der Waals surface area contributed by atoms with E-state index in [1.807, 2.05) is 25.1 Å². The highest BCUT2D eigenvalue weighted by molar-refractivity contribution is 7.10. The lowest BCUT2D eigenvalue weighted by Gasteiger charge is -2.25. The molecule has 0 aliphatic rings. The molecule has 0 bridgehead atoms. The Kier molecular flexibility index (Phi) is 9.31. The van der Waals surface area contributed by atoms with Gasteiger partial charge < -0.3 is 20.4 Å². The van der Waals surface area contributed by atoms with Crippen LogP contribution in [-0.2, 0) is 22.4 Å². The highest BCUT2D eigenvalue weighted by atomic mass is 32.1. The van der Waals surface area contributed by atoms with Crippen LogP contribution in [0.15, 0.2) is 41.8 Å². The average Bonchev–Trinajstić information content (AvgIpc) is 3.18. The summed E-state index contributed by atoms with van der Waals surface area (Å²) in [7, 11) is 0. The van der Waals surface area contributed by atoms with Gasteiger partial charge in [0, 0.05) is 24.5 Å². The van der Waals surface area contributed by atoms with Gasteiger partial charge in [-0.25, -0.2) is 0 Å². The van der Waals surface area contributed by atoms with Gasteiger partial charge in [0.25, 0.3) is 11.8 Å². The molecule has 3 N–H and O–H groups in total. The maximum Gasteiger partial charge on any atom is 0.254 e. The number of thiophene rings is 1. The van der Waals surface area contributed by atoms with Crippen LogP contribution < -0.4 is 5.32 Å². The third-order valence-electron chi connectivity index (χ3n) is 4.64. The number of benzene rings is 1. The molecule has 0 aliphatic heterocycles. The Morgan fingerprint density at radius 3 is 2.48 bits per heavy atom. The van der Waals surface area contributed by atoms with Crippen LogP contribution in [0.5, 0.6) is 0 Å². The number of nitrogens with one attached hydrogen (secondary N) is 1. The molecular weight excluding hydrogens is 388 g/mol. The highest BCUT2D eigenvalue weighted by Gasteiger charge is 2.32. The number of carbonyl (C=O) groups is 2. The van der Waals surface area contributed by atoms with Gasteiger partial charge in [0.1, 0.15) is 0 Å². The first-order valence-corrected chi connectivity index (χ1v) is 10.9. The molecule has 2 amide bonds. The Balaban J connectivity index is 1.79. The number of aliphatic hydroxyl groups is 2.